The van der Waals surface area contributed by atoms with Gasteiger partial charge < -0.3 is 9.88 Å². The average Bonchev–Trinajstić information content (AvgIpc) is 3.18. The summed E-state index contributed by atoms with van der Waals surface area (Å²) in [5.74, 6) is 2.34. The van der Waals surface area contributed by atoms with Gasteiger partial charge in [-0.2, -0.15) is 0 Å². The van der Waals surface area contributed by atoms with Gasteiger partial charge in [0.05, 0.1) is 21.8 Å². The average molecular weight is 383 g/mol. The minimum atomic E-state index is 0.610. The van der Waals surface area contributed by atoms with E-state index in [1.807, 2.05) is 12.5 Å². The highest BCUT2D eigenvalue weighted by molar-refractivity contribution is 14.1. The van der Waals surface area contributed by atoms with Gasteiger partial charge in [0.25, 0.3) is 0 Å². The summed E-state index contributed by atoms with van der Waals surface area (Å²) in [7, 11) is 0. The van der Waals surface area contributed by atoms with Crippen LogP contribution >= 0.6 is 22.6 Å². The molecule has 0 aromatic carbocycles. The summed E-state index contributed by atoms with van der Waals surface area (Å²) in [6.07, 6.45) is 6.16. The molecule has 0 atom stereocenters. The fourth-order valence-corrected chi connectivity index (χ4v) is 3.12. The number of nitrogens with zero attached hydrogens (tertiary/aromatic N) is 4. The normalized spacial score (nSPS) is 14.6. The van der Waals surface area contributed by atoms with E-state index in [9.17, 15) is 0 Å². The Morgan fingerprint density at radius 2 is 2.15 bits per heavy atom. The number of imidazole rings is 1. The number of rotatable bonds is 5. The standard InChI is InChI=1S/C14H18IN5/c1-3-17-14-11(15)12(9-5-6-9)18-13(19-14)10-7-16-8-20(10)4-2/h7-9H,3-6H2,1-2H3,(H,17,18,19). The fourth-order valence-electron chi connectivity index (χ4n) is 2.25. The van der Waals surface area contributed by atoms with Crippen molar-refractivity contribution in [2.24, 2.45) is 0 Å². The van der Waals surface area contributed by atoms with Crippen LogP contribution in [0.1, 0.15) is 38.3 Å². The Kier molecular flexibility index (Phi) is 3.91. The molecule has 3 rings (SSSR count). The summed E-state index contributed by atoms with van der Waals surface area (Å²) in [6, 6.07) is 0. The summed E-state index contributed by atoms with van der Waals surface area (Å²) in [5.41, 5.74) is 2.18. The van der Waals surface area contributed by atoms with Crippen LogP contribution in [0.3, 0.4) is 0 Å². The van der Waals surface area contributed by atoms with Gasteiger partial charge in [-0.25, -0.2) is 15.0 Å². The number of hydrogen-bond donors (Lipinski definition) is 1. The molecule has 106 valence electrons. The Labute approximate surface area is 132 Å². The number of anilines is 1. The summed E-state index contributed by atoms with van der Waals surface area (Å²) >= 11 is 2.36. The molecule has 0 amide bonds. The first-order chi connectivity index (χ1) is 9.74. The molecule has 1 aliphatic rings. The molecular weight excluding hydrogens is 365 g/mol. The molecule has 5 nitrogen and oxygen atoms in total. The molecule has 0 aliphatic heterocycles. The topological polar surface area (TPSA) is 55.6 Å². The van der Waals surface area contributed by atoms with E-state index in [1.54, 1.807) is 0 Å². The van der Waals surface area contributed by atoms with Gasteiger partial charge in [0.15, 0.2) is 5.82 Å². The lowest BCUT2D eigenvalue weighted by Crippen LogP contribution is -2.09. The van der Waals surface area contributed by atoms with Gasteiger partial charge >= 0.3 is 0 Å². The third kappa shape index (κ3) is 2.53. The molecule has 1 saturated carbocycles. The maximum absolute atomic E-state index is 4.81. The summed E-state index contributed by atoms with van der Waals surface area (Å²) < 4.78 is 3.24. The molecule has 2 heterocycles. The Balaban J connectivity index is 2.10. The van der Waals surface area contributed by atoms with Crippen LogP contribution in [0.15, 0.2) is 12.5 Å². The maximum atomic E-state index is 4.81. The van der Waals surface area contributed by atoms with Crippen LogP contribution in [-0.4, -0.2) is 26.1 Å². The molecule has 1 aliphatic carbocycles. The quantitative estimate of drug-likeness (QED) is 0.806. The molecule has 2 aromatic rings. The Morgan fingerprint density at radius 1 is 1.35 bits per heavy atom. The van der Waals surface area contributed by atoms with Gasteiger partial charge in [-0.05, 0) is 49.3 Å². The highest BCUT2D eigenvalue weighted by Crippen LogP contribution is 2.42. The minimum absolute atomic E-state index is 0.610. The van der Waals surface area contributed by atoms with Gasteiger partial charge in [0.2, 0.25) is 0 Å². The first kappa shape index (κ1) is 13.8. The van der Waals surface area contributed by atoms with E-state index in [0.717, 1.165) is 30.4 Å². The van der Waals surface area contributed by atoms with Crippen molar-refractivity contribution in [3.05, 3.63) is 21.8 Å². The second kappa shape index (κ2) is 5.67. The Bertz CT molecular complexity index is 618. The fraction of sp³-hybridized carbons (Fsp3) is 0.500. The molecule has 0 saturated heterocycles. The van der Waals surface area contributed by atoms with Gasteiger partial charge in [0.1, 0.15) is 11.5 Å². The molecule has 6 heteroatoms. The monoisotopic (exact) mass is 383 g/mol. The van der Waals surface area contributed by atoms with Crippen molar-refractivity contribution in [2.45, 2.75) is 39.2 Å². The van der Waals surface area contributed by atoms with Crippen LogP contribution in [0.25, 0.3) is 11.5 Å². The largest absolute Gasteiger partial charge is 0.369 e. The molecule has 0 bridgehead atoms. The molecule has 0 spiro atoms. The number of aromatic nitrogens is 4. The van der Waals surface area contributed by atoms with Crippen molar-refractivity contribution in [2.75, 3.05) is 11.9 Å². The van der Waals surface area contributed by atoms with Crippen molar-refractivity contribution in [3.8, 4) is 11.5 Å². The van der Waals surface area contributed by atoms with E-state index in [4.69, 9.17) is 9.97 Å². The van der Waals surface area contributed by atoms with Crippen LogP contribution in [0.4, 0.5) is 5.82 Å². The highest BCUT2D eigenvalue weighted by atomic mass is 127. The Morgan fingerprint density at radius 3 is 2.80 bits per heavy atom. The van der Waals surface area contributed by atoms with E-state index in [1.165, 1.54) is 22.1 Å². The van der Waals surface area contributed by atoms with E-state index >= 15 is 0 Å². The third-order valence-electron chi connectivity index (χ3n) is 3.47. The van der Waals surface area contributed by atoms with E-state index in [-0.39, 0.29) is 0 Å². The predicted molar refractivity (Wildman–Crippen MR) is 87.8 cm³/mol. The van der Waals surface area contributed by atoms with Crippen molar-refractivity contribution in [3.63, 3.8) is 0 Å². The molecule has 0 unspecified atom stereocenters. The summed E-state index contributed by atoms with van der Waals surface area (Å²) in [6.45, 7) is 5.93. The molecule has 1 fully saturated rings. The second-order valence-corrected chi connectivity index (χ2v) is 6.04. The zero-order valence-electron chi connectivity index (χ0n) is 11.7. The molecular formula is C14H18IN5. The van der Waals surface area contributed by atoms with Gasteiger partial charge in [-0.3, -0.25) is 0 Å². The zero-order chi connectivity index (χ0) is 14.1. The SMILES string of the molecule is CCNc1nc(-c2cncn2CC)nc(C2CC2)c1I. The predicted octanol–water partition coefficient (Wildman–Crippen LogP) is 3.27. The lowest BCUT2D eigenvalue weighted by atomic mass is 10.2. The van der Waals surface area contributed by atoms with Crippen molar-refractivity contribution in [1.82, 2.24) is 19.5 Å². The van der Waals surface area contributed by atoms with E-state index < -0.39 is 0 Å². The summed E-state index contributed by atoms with van der Waals surface area (Å²) in [5, 5.41) is 3.35. The maximum Gasteiger partial charge on any atom is 0.180 e. The van der Waals surface area contributed by atoms with E-state index in [2.05, 4.69) is 51.3 Å². The summed E-state index contributed by atoms with van der Waals surface area (Å²) in [4.78, 5) is 13.7. The first-order valence-electron chi connectivity index (χ1n) is 7.06. The number of halogens is 1. The molecule has 0 radical (unpaired) electrons. The lowest BCUT2D eigenvalue weighted by molar-refractivity contribution is 0.762. The van der Waals surface area contributed by atoms with Crippen LogP contribution in [0.2, 0.25) is 0 Å². The molecule has 2 aromatic heterocycles. The Hall–Kier alpha value is -1.18. The number of hydrogen-bond acceptors (Lipinski definition) is 4. The van der Waals surface area contributed by atoms with Crippen LogP contribution in [-0.2, 0) is 6.54 Å². The first-order valence-corrected chi connectivity index (χ1v) is 8.14. The van der Waals surface area contributed by atoms with E-state index in [0.29, 0.717) is 5.92 Å². The van der Waals surface area contributed by atoms with Gasteiger partial charge in [0, 0.05) is 19.0 Å². The van der Waals surface area contributed by atoms with Crippen molar-refractivity contribution in [1.29, 1.82) is 0 Å². The van der Waals surface area contributed by atoms with Crippen molar-refractivity contribution >= 4 is 28.4 Å². The van der Waals surface area contributed by atoms with Crippen LogP contribution in [0, 0.1) is 3.57 Å². The number of nitrogens with one attached hydrogen (secondary N) is 1. The van der Waals surface area contributed by atoms with Gasteiger partial charge in [-0.15, -0.1) is 0 Å². The lowest BCUT2D eigenvalue weighted by Gasteiger charge is -2.12. The van der Waals surface area contributed by atoms with Crippen molar-refractivity contribution < 1.29 is 0 Å². The minimum Gasteiger partial charge on any atom is -0.369 e. The third-order valence-corrected chi connectivity index (χ3v) is 4.53. The van der Waals surface area contributed by atoms with Crippen LogP contribution in [0.5, 0.6) is 0 Å². The van der Waals surface area contributed by atoms with Crippen LogP contribution < -0.4 is 5.32 Å². The number of aryl methyl sites for hydroxylation is 1. The zero-order valence-corrected chi connectivity index (χ0v) is 13.9. The highest BCUT2D eigenvalue weighted by Gasteiger charge is 2.29. The smallest absolute Gasteiger partial charge is 0.180 e. The van der Waals surface area contributed by atoms with Gasteiger partial charge in [-0.1, -0.05) is 0 Å². The molecule has 1 N–H and O–H groups in total. The second-order valence-electron chi connectivity index (χ2n) is 4.96. The molecule has 20 heavy (non-hydrogen) atoms.